The van der Waals surface area contributed by atoms with E-state index >= 15 is 0 Å². The fourth-order valence-corrected chi connectivity index (χ4v) is 4.78. The van der Waals surface area contributed by atoms with Gasteiger partial charge in [0, 0.05) is 30.9 Å². The van der Waals surface area contributed by atoms with Gasteiger partial charge in [-0.2, -0.15) is 0 Å². The lowest BCUT2D eigenvalue weighted by molar-refractivity contribution is -0.128. The summed E-state index contributed by atoms with van der Waals surface area (Å²) in [5.74, 6) is 0.662. The average Bonchev–Trinajstić information content (AvgIpc) is 3.40. The molecule has 0 aliphatic carbocycles. The summed E-state index contributed by atoms with van der Waals surface area (Å²) >= 11 is 1.44. The Bertz CT molecular complexity index is 1060. The maximum Gasteiger partial charge on any atom is 0.265 e. The van der Waals surface area contributed by atoms with Crippen molar-refractivity contribution >= 4 is 23.2 Å². The molecule has 0 spiro atoms. The zero-order chi connectivity index (χ0) is 21.6. The smallest absolute Gasteiger partial charge is 0.265 e. The Morgan fingerprint density at radius 3 is 2.55 bits per heavy atom. The van der Waals surface area contributed by atoms with Crippen LogP contribution in [0.3, 0.4) is 0 Å². The highest BCUT2D eigenvalue weighted by atomic mass is 32.1. The summed E-state index contributed by atoms with van der Waals surface area (Å²) in [5, 5.41) is 3.04. The van der Waals surface area contributed by atoms with E-state index in [0.29, 0.717) is 36.7 Å². The molecule has 0 saturated carbocycles. The van der Waals surface area contributed by atoms with Crippen molar-refractivity contribution in [1.29, 1.82) is 0 Å². The minimum Gasteiger partial charge on any atom is -0.492 e. The zero-order valence-electron chi connectivity index (χ0n) is 17.6. The van der Waals surface area contributed by atoms with Crippen molar-refractivity contribution < 1.29 is 14.3 Å². The Balaban J connectivity index is 1.49. The quantitative estimate of drug-likeness (QED) is 0.550. The number of benzene rings is 2. The third-order valence-electron chi connectivity index (χ3n) is 5.35. The summed E-state index contributed by atoms with van der Waals surface area (Å²) in [4.78, 5) is 28.5. The van der Waals surface area contributed by atoms with Gasteiger partial charge in [0.05, 0.1) is 6.61 Å². The second-order valence-electron chi connectivity index (χ2n) is 7.47. The number of hydrogen-bond acceptors (Lipinski definition) is 4. The molecule has 1 saturated heterocycles. The van der Waals surface area contributed by atoms with E-state index in [4.69, 9.17) is 4.74 Å². The molecule has 31 heavy (non-hydrogen) atoms. The van der Waals surface area contributed by atoms with E-state index in [9.17, 15) is 9.59 Å². The number of ether oxygens (including phenoxy) is 1. The van der Waals surface area contributed by atoms with Crippen molar-refractivity contribution in [3.8, 4) is 16.2 Å². The fourth-order valence-electron chi connectivity index (χ4n) is 3.76. The van der Waals surface area contributed by atoms with Crippen molar-refractivity contribution in [3.63, 3.8) is 0 Å². The minimum atomic E-state index is -0.150. The van der Waals surface area contributed by atoms with Crippen LogP contribution in [0.5, 0.6) is 5.75 Å². The van der Waals surface area contributed by atoms with Crippen LogP contribution >= 0.6 is 11.3 Å². The summed E-state index contributed by atoms with van der Waals surface area (Å²) in [6.07, 6.45) is 1.54. The molecular weight excluding hydrogens is 408 g/mol. The molecule has 160 valence electrons. The van der Waals surface area contributed by atoms with Gasteiger partial charge in [-0.15, -0.1) is 11.3 Å². The average molecular weight is 435 g/mol. The summed E-state index contributed by atoms with van der Waals surface area (Å²) in [6.45, 7) is 4.21. The monoisotopic (exact) mass is 434 g/mol. The molecule has 2 aromatic carbocycles. The molecular formula is C25H26N2O3S. The number of carbonyl (C=O) groups excluding carboxylic acids is 2. The molecule has 0 radical (unpaired) electrons. The first-order chi connectivity index (χ1) is 15.2. The van der Waals surface area contributed by atoms with Gasteiger partial charge in [0.1, 0.15) is 10.6 Å². The van der Waals surface area contributed by atoms with Crippen molar-refractivity contribution in [1.82, 2.24) is 10.2 Å². The predicted molar refractivity (Wildman–Crippen MR) is 123 cm³/mol. The van der Waals surface area contributed by atoms with Gasteiger partial charge < -0.3 is 15.0 Å². The molecule has 0 unspecified atom stereocenters. The van der Waals surface area contributed by atoms with E-state index in [2.05, 4.69) is 5.32 Å². The van der Waals surface area contributed by atoms with E-state index in [1.165, 1.54) is 11.3 Å². The molecule has 1 N–H and O–H groups in total. The van der Waals surface area contributed by atoms with Gasteiger partial charge in [0.15, 0.2) is 0 Å². The largest absolute Gasteiger partial charge is 0.492 e. The molecule has 1 aliphatic heterocycles. The molecule has 4 rings (SSSR count). The predicted octanol–water partition coefficient (Wildman–Crippen LogP) is 4.87. The molecule has 2 heterocycles. The maximum atomic E-state index is 13.0. The molecule has 2 amide bonds. The molecule has 1 aromatic heterocycles. The van der Waals surface area contributed by atoms with Crippen LogP contribution in [0.25, 0.3) is 10.4 Å². The van der Waals surface area contributed by atoms with Crippen LogP contribution in [0.2, 0.25) is 0 Å². The summed E-state index contributed by atoms with van der Waals surface area (Å²) in [5.41, 5.74) is 3.15. The van der Waals surface area contributed by atoms with E-state index in [0.717, 1.165) is 34.5 Å². The molecule has 3 aromatic rings. The van der Waals surface area contributed by atoms with Gasteiger partial charge in [-0.05, 0) is 36.1 Å². The third-order valence-corrected chi connectivity index (χ3v) is 6.52. The number of carbonyl (C=O) groups is 2. The van der Waals surface area contributed by atoms with Crippen LogP contribution in [0.15, 0.2) is 60.7 Å². The summed E-state index contributed by atoms with van der Waals surface area (Å²) in [6, 6.07) is 19.9. The van der Waals surface area contributed by atoms with Gasteiger partial charge in [-0.3, -0.25) is 9.59 Å². The van der Waals surface area contributed by atoms with Crippen LogP contribution < -0.4 is 10.1 Å². The molecule has 0 bridgehead atoms. The van der Waals surface area contributed by atoms with Crippen molar-refractivity contribution in [2.45, 2.75) is 32.9 Å². The summed E-state index contributed by atoms with van der Waals surface area (Å²) in [7, 11) is 0. The lowest BCUT2D eigenvalue weighted by Crippen LogP contribution is -2.26. The van der Waals surface area contributed by atoms with Crippen molar-refractivity contribution in [2.75, 3.05) is 13.2 Å². The van der Waals surface area contributed by atoms with Crippen molar-refractivity contribution in [2.24, 2.45) is 0 Å². The Kier molecular flexibility index (Phi) is 6.67. The van der Waals surface area contributed by atoms with Crippen LogP contribution in [0, 0.1) is 0 Å². The molecule has 1 fully saturated rings. The van der Waals surface area contributed by atoms with E-state index in [1.807, 2.05) is 72.5 Å². The number of nitrogens with one attached hydrogen (secondary N) is 1. The van der Waals surface area contributed by atoms with Gasteiger partial charge in [0.2, 0.25) is 5.91 Å². The van der Waals surface area contributed by atoms with Crippen LogP contribution in [0.4, 0.5) is 0 Å². The summed E-state index contributed by atoms with van der Waals surface area (Å²) < 4.78 is 5.74. The van der Waals surface area contributed by atoms with Crippen LogP contribution in [-0.4, -0.2) is 29.9 Å². The van der Waals surface area contributed by atoms with Gasteiger partial charge in [0.25, 0.3) is 5.91 Å². The van der Waals surface area contributed by atoms with Crippen LogP contribution in [0.1, 0.15) is 40.6 Å². The minimum absolute atomic E-state index is 0.150. The number of thiophene rings is 1. The first kappa shape index (κ1) is 21.1. The standard InChI is InChI=1S/C25H26N2O3S/c1-2-30-21-15-22(18-9-4-3-5-10-18)31-24(21)25(29)26-16-19-11-6-7-12-20(19)17-27-14-8-13-23(27)28/h3-7,9-12,15H,2,8,13-14,16-17H2,1H3,(H,26,29). The van der Waals surface area contributed by atoms with Crippen molar-refractivity contribution in [3.05, 3.63) is 76.7 Å². The first-order valence-electron chi connectivity index (χ1n) is 10.6. The number of nitrogens with zero attached hydrogens (tertiary/aromatic N) is 1. The van der Waals surface area contributed by atoms with E-state index in [1.54, 1.807) is 0 Å². The highest BCUT2D eigenvalue weighted by molar-refractivity contribution is 7.17. The van der Waals surface area contributed by atoms with Gasteiger partial charge in [-0.25, -0.2) is 0 Å². The molecule has 0 atom stereocenters. The lowest BCUT2D eigenvalue weighted by atomic mass is 10.1. The highest BCUT2D eigenvalue weighted by Crippen LogP contribution is 2.36. The number of likely N-dealkylation sites (tertiary alicyclic amines) is 1. The SMILES string of the molecule is CCOc1cc(-c2ccccc2)sc1C(=O)NCc1ccccc1CN1CCCC1=O. The number of hydrogen-bond donors (Lipinski definition) is 1. The Labute approximate surface area is 186 Å². The normalized spacial score (nSPS) is 13.5. The first-order valence-corrected chi connectivity index (χ1v) is 11.4. The van der Waals surface area contributed by atoms with E-state index in [-0.39, 0.29) is 11.8 Å². The van der Waals surface area contributed by atoms with Gasteiger partial charge >= 0.3 is 0 Å². The zero-order valence-corrected chi connectivity index (χ0v) is 18.4. The van der Waals surface area contributed by atoms with Gasteiger partial charge in [-0.1, -0.05) is 54.6 Å². The number of amides is 2. The Morgan fingerprint density at radius 2 is 1.84 bits per heavy atom. The maximum absolute atomic E-state index is 13.0. The number of rotatable bonds is 8. The molecule has 6 heteroatoms. The second-order valence-corrected chi connectivity index (χ2v) is 8.53. The highest BCUT2D eigenvalue weighted by Gasteiger charge is 2.22. The Hall–Kier alpha value is -3.12. The Morgan fingerprint density at radius 1 is 1.10 bits per heavy atom. The third kappa shape index (κ3) is 4.97. The second kappa shape index (κ2) is 9.79. The topological polar surface area (TPSA) is 58.6 Å². The molecule has 1 aliphatic rings. The molecule has 5 nitrogen and oxygen atoms in total. The fraction of sp³-hybridized carbons (Fsp3) is 0.280. The lowest BCUT2D eigenvalue weighted by Gasteiger charge is -2.18. The van der Waals surface area contributed by atoms with Crippen LogP contribution in [-0.2, 0) is 17.9 Å². The van der Waals surface area contributed by atoms with E-state index < -0.39 is 0 Å².